The molecule has 2 nitrogen and oxygen atoms in total. The van der Waals surface area contributed by atoms with E-state index in [1.54, 1.807) is 6.07 Å². The molecule has 2 rings (SSSR count). The topological polar surface area (TPSA) is 13.6 Å². The van der Waals surface area contributed by atoms with Crippen LogP contribution in [0.15, 0.2) is 48.5 Å². The normalized spacial score (nSPS) is 11.6. The van der Waals surface area contributed by atoms with Crippen molar-refractivity contribution in [1.82, 2.24) is 0 Å². The molecule has 2 aromatic rings. The molecule has 1 unspecified atom stereocenters. The van der Waals surface area contributed by atoms with E-state index in [2.05, 4.69) is 4.85 Å². The summed E-state index contributed by atoms with van der Waals surface area (Å²) in [5.41, 5.74) is 2.00. The molecule has 0 aromatic heterocycles. The molecule has 3 heteroatoms. The summed E-state index contributed by atoms with van der Waals surface area (Å²) in [5.74, 6) is 0.645. The lowest BCUT2D eigenvalue weighted by atomic mass is 10.1. The largest absolute Gasteiger partial charge is 0.487 e. The van der Waals surface area contributed by atoms with Crippen molar-refractivity contribution in [2.24, 2.45) is 0 Å². The predicted molar refractivity (Wildman–Crippen MR) is 77.2 cm³/mol. The first-order chi connectivity index (χ1) is 9.20. The Morgan fingerprint density at radius 1 is 1.21 bits per heavy atom. The number of hydrogen-bond acceptors (Lipinski definition) is 1. The van der Waals surface area contributed by atoms with Crippen LogP contribution in [0.3, 0.4) is 0 Å². The molecular formula is C16H14ClNO. The van der Waals surface area contributed by atoms with Crippen molar-refractivity contribution in [1.29, 1.82) is 0 Å². The van der Waals surface area contributed by atoms with Crippen LogP contribution in [0, 0.1) is 6.57 Å². The Bertz CT molecular complexity index is 589. The van der Waals surface area contributed by atoms with Gasteiger partial charge in [-0.15, -0.1) is 0 Å². The van der Waals surface area contributed by atoms with Gasteiger partial charge in [0.25, 0.3) is 0 Å². The van der Waals surface area contributed by atoms with E-state index in [0.29, 0.717) is 17.4 Å². The number of rotatable bonds is 4. The van der Waals surface area contributed by atoms with Gasteiger partial charge in [-0.2, -0.15) is 0 Å². The molecule has 0 amide bonds. The zero-order chi connectivity index (χ0) is 13.7. The number of hydrogen-bond donors (Lipinski definition) is 0. The molecule has 0 aliphatic carbocycles. The third-order valence-corrected chi connectivity index (χ3v) is 3.16. The van der Waals surface area contributed by atoms with E-state index in [1.807, 2.05) is 49.4 Å². The molecule has 0 radical (unpaired) electrons. The van der Waals surface area contributed by atoms with Crippen LogP contribution < -0.4 is 4.74 Å². The van der Waals surface area contributed by atoms with Crippen LogP contribution in [0.25, 0.3) is 4.85 Å². The highest BCUT2D eigenvalue weighted by molar-refractivity contribution is 6.32. The molecule has 0 fully saturated rings. The molecular weight excluding hydrogens is 258 g/mol. The van der Waals surface area contributed by atoms with Crippen LogP contribution >= 0.6 is 11.6 Å². The molecule has 0 saturated heterocycles. The molecule has 0 spiro atoms. The maximum Gasteiger partial charge on any atom is 0.246 e. The number of halogens is 1. The maximum absolute atomic E-state index is 7.01. The quantitative estimate of drug-likeness (QED) is 0.721. The summed E-state index contributed by atoms with van der Waals surface area (Å²) in [6.45, 7) is 9.35. The standard InChI is InChI=1S/C16H14ClNO/c1-12(18-2)14-8-9-16(15(17)10-14)19-11-13-6-4-3-5-7-13/h3-10,12H,11H2,1H3. The average molecular weight is 272 g/mol. The van der Waals surface area contributed by atoms with Gasteiger partial charge in [0.15, 0.2) is 0 Å². The van der Waals surface area contributed by atoms with Crippen molar-refractivity contribution in [3.05, 3.63) is 76.1 Å². The van der Waals surface area contributed by atoms with Crippen molar-refractivity contribution < 1.29 is 4.74 Å². The molecule has 2 aromatic carbocycles. The van der Waals surface area contributed by atoms with E-state index in [-0.39, 0.29) is 6.04 Å². The van der Waals surface area contributed by atoms with Crippen molar-refractivity contribution in [2.75, 3.05) is 0 Å². The fourth-order valence-electron chi connectivity index (χ4n) is 1.70. The minimum Gasteiger partial charge on any atom is -0.487 e. The van der Waals surface area contributed by atoms with Crippen LogP contribution in [0.5, 0.6) is 5.75 Å². The first kappa shape index (κ1) is 13.5. The molecule has 0 aliphatic heterocycles. The first-order valence-corrected chi connectivity index (χ1v) is 6.41. The molecule has 96 valence electrons. The Morgan fingerprint density at radius 3 is 2.58 bits per heavy atom. The van der Waals surface area contributed by atoms with E-state index in [0.717, 1.165) is 11.1 Å². The van der Waals surface area contributed by atoms with Crippen molar-refractivity contribution in [3.8, 4) is 5.75 Å². The molecule has 0 heterocycles. The second-order valence-electron chi connectivity index (χ2n) is 4.27. The summed E-state index contributed by atoms with van der Waals surface area (Å²) >= 11 is 6.17. The third-order valence-electron chi connectivity index (χ3n) is 2.87. The predicted octanol–water partition coefficient (Wildman–Crippen LogP) is 4.90. The zero-order valence-electron chi connectivity index (χ0n) is 10.6. The van der Waals surface area contributed by atoms with E-state index >= 15 is 0 Å². The van der Waals surface area contributed by atoms with Crippen LogP contribution in [0.2, 0.25) is 5.02 Å². The summed E-state index contributed by atoms with van der Waals surface area (Å²) in [7, 11) is 0. The molecule has 0 aliphatic rings. The highest BCUT2D eigenvalue weighted by atomic mass is 35.5. The van der Waals surface area contributed by atoms with Gasteiger partial charge in [0, 0.05) is 12.5 Å². The molecule has 0 N–H and O–H groups in total. The van der Waals surface area contributed by atoms with Gasteiger partial charge in [-0.25, -0.2) is 6.57 Å². The maximum atomic E-state index is 7.01. The zero-order valence-corrected chi connectivity index (χ0v) is 11.4. The van der Waals surface area contributed by atoms with Gasteiger partial charge in [-0.1, -0.05) is 41.9 Å². The SMILES string of the molecule is [C-]#[N+]C(C)c1ccc(OCc2ccccc2)c(Cl)c1. The van der Waals surface area contributed by atoms with Crippen LogP contribution in [-0.4, -0.2) is 0 Å². The highest BCUT2D eigenvalue weighted by Gasteiger charge is 2.11. The Morgan fingerprint density at radius 2 is 1.95 bits per heavy atom. The van der Waals surface area contributed by atoms with Gasteiger partial charge < -0.3 is 9.58 Å². The van der Waals surface area contributed by atoms with Gasteiger partial charge in [-0.3, -0.25) is 0 Å². The molecule has 0 bridgehead atoms. The monoisotopic (exact) mass is 271 g/mol. The lowest BCUT2D eigenvalue weighted by Gasteiger charge is -2.09. The van der Waals surface area contributed by atoms with E-state index < -0.39 is 0 Å². The summed E-state index contributed by atoms with van der Waals surface area (Å²) < 4.78 is 5.68. The van der Waals surface area contributed by atoms with Gasteiger partial charge in [0.1, 0.15) is 12.4 Å². The highest BCUT2D eigenvalue weighted by Crippen LogP contribution is 2.29. The second kappa shape index (κ2) is 6.26. The number of benzene rings is 2. The van der Waals surface area contributed by atoms with Crippen LogP contribution in [-0.2, 0) is 6.61 Å². The summed E-state index contributed by atoms with van der Waals surface area (Å²) in [6.07, 6.45) is 0. The lowest BCUT2D eigenvalue weighted by molar-refractivity contribution is 0.306. The van der Waals surface area contributed by atoms with E-state index in [4.69, 9.17) is 22.9 Å². The van der Waals surface area contributed by atoms with Crippen molar-refractivity contribution in [3.63, 3.8) is 0 Å². The van der Waals surface area contributed by atoms with Crippen molar-refractivity contribution in [2.45, 2.75) is 19.6 Å². The van der Waals surface area contributed by atoms with E-state index in [1.165, 1.54) is 0 Å². The Balaban J connectivity index is 2.08. The Kier molecular flexibility index (Phi) is 4.43. The number of nitrogens with zero attached hydrogens (tertiary/aromatic N) is 1. The smallest absolute Gasteiger partial charge is 0.246 e. The van der Waals surface area contributed by atoms with Gasteiger partial charge >= 0.3 is 0 Å². The average Bonchev–Trinajstić information content (AvgIpc) is 2.46. The molecule has 0 saturated carbocycles. The Labute approximate surface area is 118 Å². The molecule has 19 heavy (non-hydrogen) atoms. The van der Waals surface area contributed by atoms with Crippen LogP contribution in [0.4, 0.5) is 0 Å². The van der Waals surface area contributed by atoms with Gasteiger partial charge in [-0.05, 0) is 23.8 Å². The Hall–Kier alpha value is -1.98. The fraction of sp³-hybridized carbons (Fsp3) is 0.188. The summed E-state index contributed by atoms with van der Waals surface area (Å²) in [4.78, 5) is 3.47. The first-order valence-electron chi connectivity index (χ1n) is 6.03. The fourth-order valence-corrected chi connectivity index (χ4v) is 1.95. The lowest BCUT2D eigenvalue weighted by Crippen LogP contribution is -1.96. The molecule has 1 atom stereocenters. The minimum atomic E-state index is -0.180. The van der Waals surface area contributed by atoms with Gasteiger partial charge in [0.05, 0.1) is 5.02 Å². The summed E-state index contributed by atoms with van der Waals surface area (Å²) in [5, 5.41) is 0.545. The summed E-state index contributed by atoms with van der Waals surface area (Å²) in [6, 6.07) is 15.2. The van der Waals surface area contributed by atoms with Crippen molar-refractivity contribution >= 4 is 11.6 Å². The number of ether oxygens (including phenoxy) is 1. The second-order valence-corrected chi connectivity index (χ2v) is 4.68. The minimum absolute atomic E-state index is 0.180. The van der Waals surface area contributed by atoms with Crippen LogP contribution in [0.1, 0.15) is 24.1 Å². The van der Waals surface area contributed by atoms with E-state index in [9.17, 15) is 0 Å². The third kappa shape index (κ3) is 3.49. The van der Waals surface area contributed by atoms with Gasteiger partial charge in [0.2, 0.25) is 6.04 Å².